The molecule has 1 saturated heterocycles. The van der Waals surface area contributed by atoms with Gasteiger partial charge in [0.15, 0.2) is 15.5 Å². The van der Waals surface area contributed by atoms with Gasteiger partial charge in [0.05, 0.1) is 16.9 Å². The van der Waals surface area contributed by atoms with Gasteiger partial charge in [-0.1, -0.05) is 34.8 Å². The standard InChI is InChI=1S/C10H15BN2O2.C8H5ClN4.C4H2Cl2N2/c1-9(2)10(3,4)15-11(14-9)8-5-12-7-13-6-8;9-8-2-1-7(12-13-8)6-3-10-5-11-4-6;5-3-1-2-4(6)8-7-3/h5-7H,1-4H3;1-5H;1-2H. The Hall–Kier alpha value is -2.83. The van der Waals surface area contributed by atoms with E-state index >= 15 is 0 Å². The Morgan fingerprint density at radius 1 is 0.611 bits per heavy atom. The van der Waals surface area contributed by atoms with Crippen molar-refractivity contribution in [3.8, 4) is 11.3 Å². The Labute approximate surface area is 224 Å². The molecule has 5 heterocycles. The van der Waals surface area contributed by atoms with E-state index in [1.54, 1.807) is 49.1 Å². The first-order valence-corrected chi connectivity index (χ1v) is 11.7. The summed E-state index contributed by atoms with van der Waals surface area (Å²) in [4.78, 5) is 15.7. The highest BCUT2D eigenvalue weighted by molar-refractivity contribution is 6.61. The average molecular weight is 548 g/mol. The molecule has 186 valence electrons. The molecule has 14 heteroatoms. The molecule has 0 saturated carbocycles. The molecule has 5 rings (SSSR count). The molecule has 1 aliphatic heterocycles. The SMILES string of the molecule is CC1(C)OB(c2cncnc2)OC1(C)C.Clc1ccc(-c2cncnc2)nn1.Clc1ccc(Cl)nn1. The zero-order chi connectivity index (χ0) is 26.2. The molecule has 0 radical (unpaired) electrons. The monoisotopic (exact) mass is 546 g/mol. The molecule has 0 atom stereocenters. The fourth-order valence-electron chi connectivity index (χ4n) is 2.61. The Morgan fingerprint density at radius 2 is 1.03 bits per heavy atom. The van der Waals surface area contributed by atoms with Gasteiger partial charge in [-0.2, -0.15) is 0 Å². The Balaban J connectivity index is 0.000000157. The first-order valence-electron chi connectivity index (χ1n) is 10.6. The lowest BCUT2D eigenvalue weighted by Gasteiger charge is -2.32. The van der Waals surface area contributed by atoms with Crippen molar-refractivity contribution >= 4 is 47.4 Å². The summed E-state index contributed by atoms with van der Waals surface area (Å²) in [5, 5.41) is 15.6. The largest absolute Gasteiger partial charge is 0.498 e. The number of nitrogens with zero attached hydrogens (tertiary/aromatic N) is 8. The predicted molar refractivity (Wildman–Crippen MR) is 138 cm³/mol. The summed E-state index contributed by atoms with van der Waals surface area (Å²) < 4.78 is 11.7. The summed E-state index contributed by atoms with van der Waals surface area (Å²) >= 11 is 16.4. The van der Waals surface area contributed by atoms with Crippen molar-refractivity contribution in [1.82, 2.24) is 40.3 Å². The van der Waals surface area contributed by atoms with E-state index in [1.165, 1.54) is 12.7 Å². The van der Waals surface area contributed by atoms with Gasteiger partial charge in [-0.05, 0) is 52.0 Å². The number of rotatable bonds is 2. The number of hydrogen-bond acceptors (Lipinski definition) is 10. The highest BCUT2D eigenvalue weighted by Crippen LogP contribution is 2.36. The fraction of sp³-hybridized carbons (Fsp3) is 0.273. The first-order chi connectivity index (χ1) is 17.1. The predicted octanol–water partition coefficient (Wildman–Crippen LogP) is 4.15. The minimum atomic E-state index is -0.365. The van der Waals surface area contributed by atoms with Gasteiger partial charge in [-0.3, -0.25) is 0 Å². The molecule has 0 spiro atoms. The van der Waals surface area contributed by atoms with Crippen molar-refractivity contribution in [3.05, 3.63) is 77.2 Å². The van der Waals surface area contributed by atoms with Crippen molar-refractivity contribution < 1.29 is 9.31 Å². The molecule has 0 amide bonds. The van der Waals surface area contributed by atoms with Crippen LogP contribution in [0, 0.1) is 0 Å². The van der Waals surface area contributed by atoms with Crippen LogP contribution in [0.5, 0.6) is 0 Å². The smallest absolute Gasteiger partial charge is 0.399 e. The van der Waals surface area contributed by atoms with Gasteiger partial charge in [-0.25, -0.2) is 19.9 Å². The van der Waals surface area contributed by atoms with Crippen LogP contribution in [0.2, 0.25) is 15.5 Å². The zero-order valence-corrected chi connectivity index (χ0v) is 22.1. The maximum absolute atomic E-state index is 5.85. The van der Waals surface area contributed by atoms with Gasteiger partial charge in [0.25, 0.3) is 0 Å². The van der Waals surface area contributed by atoms with E-state index in [4.69, 9.17) is 44.1 Å². The highest BCUT2D eigenvalue weighted by Gasteiger charge is 2.51. The lowest BCUT2D eigenvalue weighted by Crippen LogP contribution is -2.41. The van der Waals surface area contributed by atoms with Crippen LogP contribution in [-0.2, 0) is 9.31 Å². The molecule has 4 aromatic heterocycles. The second-order valence-corrected chi connectivity index (χ2v) is 9.47. The summed E-state index contributed by atoms with van der Waals surface area (Å²) in [5.74, 6) is 0. The molecule has 1 aliphatic rings. The van der Waals surface area contributed by atoms with E-state index in [9.17, 15) is 0 Å². The van der Waals surface area contributed by atoms with Crippen LogP contribution in [0.25, 0.3) is 11.3 Å². The van der Waals surface area contributed by atoms with E-state index in [-0.39, 0.29) is 18.3 Å². The van der Waals surface area contributed by atoms with Crippen molar-refractivity contribution in [2.75, 3.05) is 0 Å². The van der Waals surface area contributed by atoms with E-state index in [0.29, 0.717) is 21.2 Å². The third-order valence-electron chi connectivity index (χ3n) is 5.19. The second kappa shape index (κ2) is 12.4. The third-order valence-corrected chi connectivity index (χ3v) is 5.80. The summed E-state index contributed by atoms with van der Waals surface area (Å²) in [6, 6.07) is 6.61. The van der Waals surface area contributed by atoms with Crippen LogP contribution in [-0.4, -0.2) is 58.7 Å². The zero-order valence-electron chi connectivity index (χ0n) is 19.9. The van der Waals surface area contributed by atoms with Gasteiger partial charge in [-0.15, -0.1) is 20.4 Å². The molecule has 0 aromatic carbocycles. The van der Waals surface area contributed by atoms with Gasteiger partial charge in [0.1, 0.15) is 12.7 Å². The van der Waals surface area contributed by atoms with Crippen LogP contribution in [0.15, 0.2) is 61.7 Å². The van der Waals surface area contributed by atoms with Crippen LogP contribution < -0.4 is 5.46 Å². The molecule has 4 aromatic rings. The molecule has 0 unspecified atom stereocenters. The van der Waals surface area contributed by atoms with Crippen LogP contribution >= 0.6 is 34.8 Å². The van der Waals surface area contributed by atoms with Crippen molar-refractivity contribution in [3.63, 3.8) is 0 Å². The number of halogens is 3. The Morgan fingerprint density at radius 3 is 1.44 bits per heavy atom. The lowest BCUT2D eigenvalue weighted by atomic mass is 9.81. The molecule has 10 nitrogen and oxygen atoms in total. The number of aromatic nitrogens is 8. The lowest BCUT2D eigenvalue weighted by molar-refractivity contribution is 0.00578. The topological polar surface area (TPSA) is 122 Å². The molecule has 0 N–H and O–H groups in total. The molecular weight excluding hydrogens is 525 g/mol. The third kappa shape index (κ3) is 7.84. The quantitative estimate of drug-likeness (QED) is 0.338. The summed E-state index contributed by atoms with van der Waals surface area (Å²) in [6.07, 6.45) is 9.74. The molecule has 0 aliphatic carbocycles. The van der Waals surface area contributed by atoms with E-state index in [1.807, 2.05) is 27.7 Å². The van der Waals surface area contributed by atoms with E-state index in [2.05, 4.69) is 40.3 Å². The Bertz CT molecular complexity index is 1180. The maximum atomic E-state index is 5.85. The van der Waals surface area contributed by atoms with Crippen LogP contribution in [0.3, 0.4) is 0 Å². The molecule has 36 heavy (non-hydrogen) atoms. The molecular formula is C22H22BCl3N8O2. The normalized spacial score (nSPS) is 15.2. The molecule has 1 fully saturated rings. The summed E-state index contributed by atoms with van der Waals surface area (Å²) in [6.45, 7) is 8.10. The minimum absolute atomic E-state index is 0.312. The summed E-state index contributed by atoms with van der Waals surface area (Å²) in [7, 11) is -0.365. The molecule has 0 bridgehead atoms. The van der Waals surface area contributed by atoms with Gasteiger partial charge in [0.2, 0.25) is 0 Å². The summed E-state index contributed by atoms with van der Waals surface area (Å²) in [5.41, 5.74) is 1.77. The van der Waals surface area contributed by atoms with E-state index < -0.39 is 0 Å². The van der Waals surface area contributed by atoms with Crippen molar-refractivity contribution in [2.45, 2.75) is 38.9 Å². The first kappa shape index (κ1) is 27.8. The van der Waals surface area contributed by atoms with Crippen molar-refractivity contribution in [1.29, 1.82) is 0 Å². The van der Waals surface area contributed by atoms with Crippen molar-refractivity contribution in [2.24, 2.45) is 0 Å². The average Bonchev–Trinajstić information content (AvgIpc) is 3.10. The minimum Gasteiger partial charge on any atom is -0.399 e. The second-order valence-electron chi connectivity index (χ2n) is 8.31. The maximum Gasteiger partial charge on any atom is 0.498 e. The highest BCUT2D eigenvalue weighted by atomic mass is 35.5. The van der Waals surface area contributed by atoms with Crippen LogP contribution in [0.1, 0.15) is 27.7 Å². The number of hydrogen-bond donors (Lipinski definition) is 0. The Kier molecular flexibility index (Phi) is 9.58. The fourth-order valence-corrected chi connectivity index (χ4v) is 2.91. The van der Waals surface area contributed by atoms with Gasteiger partial charge < -0.3 is 9.31 Å². The van der Waals surface area contributed by atoms with Gasteiger partial charge >= 0.3 is 7.12 Å². The van der Waals surface area contributed by atoms with E-state index in [0.717, 1.165) is 11.0 Å². The van der Waals surface area contributed by atoms with Crippen LogP contribution in [0.4, 0.5) is 0 Å². The van der Waals surface area contributed by atoms with Gasteiger partial charge in [0, 0.05) is 35.8 Å².